The number of imidazole rings is 1. The van der Waals surface area contributed by atoms with Crippen LogP contribution in [0, 0.1) is 18.8 Å². The Hall–Kier alpha value is -3.65. The minimum absolute atomic E-state index is 0.654. The normalized spacial score (nSPS) is 10.5. The molecular formula is C22H18N4O. The average molecular weight is 354 g/mol. The Balaban J connectivity index is 1.79. The van der Waals surface area contributed by atoms with Crippen LogP contribution in [0.5, 0.6) is 5.75 Å². The first-order valence-corrected chi connectivity index (χ1v) is 8.58. The number of hydrogen-bond donors (Lipinski definition) is 0. The van der Waals surface area contributed by atoms with Crippen LogP contribution in [-0.2, 0) is 7.05 Å². The van der Waals surface area contributed by atoms with Crippen LogP contribution < -0.4 is 4.74 Å². The molecule has 0 saturated heterocycles. The van der Waals surface area contributed by atoms with Crippen LogP contribution in [0.3, 0.4) is 0 Å². The number of aryl methyl sites for hydroxylation is 2. The summed E-state index contributed by atoms with van der Waals surface area (Å²) in [6, 6.07) is 15.8. The van der Waals surface area contributed by atoms with E-state index < -0.39 is 0 Å². The third-order valence-electron chi connectivity index (χ3n) is 4.26. The number of para-hydroxylation sites is 1. The third-order valence-corrected chi connectivity index (χ3v) is 4.26. The van der Waals surface area contributed by atoms with Gasteiger partial charge in [0, 0.05) is 24.2 Å². The zero-order valence-corrected chi connectivity index (χ0v) is 15.4. The van der Waals surface area contributed by atoms with E-state index in [1.807, 2.05) is 73.3 Å². The molecule has 0 radical (unpaired) electrons. The van der Waals surface area contributed by atoms with Gasteiger partial charge in [-0.3, -0.25) is 0 Å². The molecule has 0 aliphatic rings. The lowest BCUT2D eigenvalue weighted by Gasteiger charge is -2.06. The smallest absolute Gasteiger partial charge is 0.186 e. The van der Waals surface area contributed by atoms with Crippen molar-refractivity contribution in [1.82, 2.24) is 19.5 Å². The van der Waals surface area contributed by atoms with Crippen LogP contribution in [0.25, 0.3) is 22.2 Å². The van der Waals surface area contributed by atoms with Crippen LogP contribution in [0.1, 0.15) is 17.3 Å². The first-order valence-electron chi connectivity index (χ1n) is 8.58. The molecule has 132 valence electrons. The van der Waals surface area contributed by atoms with Crippen LogP contribution in [0.2, 0.25) is 0 Å². The van der Waals surface area contributed by atoms with Crippen molar-refractivity contribution in [3.05, 3.63) is 72.1 Å². The Kier molecular flexibility index (Phi) is 4.31. The Morgan fingerprint density at radius 3 is 2.52 bits per heavy atom. The van der Waals surface area contributed by atoms with Gasteiger partial charge in [-0.1, -0.05) is 36.4 Å². The third kappa shape index (κ3) is 3.25. The number of aromatic nitrogens is 4. The molecule has 0 fully saturated rings. The zero-order chi connectivity index (χ0) is 18.8. The summed E-state index contributed by atoms with van der Waals surface area (Å²) in [4.78, 5) is 13.7. The van der Waals surface area contributed by atoms with Gasteiger partial charge in [0.1, 0.15) is 22.8 Å². The fourth-order valence-corrected chi connectivity index (χ4v) is 2.94. The summed E-state index contributed by atoms with van der Waals surface area (Å²) in [5.41, 5.74) is 3.39. The fraction of sp³-hybridized carbons (Fsp3) is 0.136. The van der Waals surface area contributed by atoms with Crippen molar-refractivity contribution in [2.75, 3.05) is 7.11 Å². The highest BCUT2D eigenvalue weighted by molar-refractivity contribution is 5.88. The number of fused-ring (bicyclic) bond motifs is 1. The summed E-state index contributed by atoms with van der Waals surface area (Å²) in [5, 5.41) is 0.866. The largest absolute Gasteiger partial charge is 0.494 e. The number of nitrogens with zero attached hydrogens (tertiary/aromatic N) is 4. The van der Waals surface area contributed by atoms with E-state index in [-0.39, 0.29) is 0 Å². The highest BCUT2D eigenvalue weighted by Crippen LogP contribution is 2.25. The molecule has 0 bridgehead atoms. The Bertz CT molecular complexity index is 1180. The molecule has 0 unspecified atom stereocenters. The van der Waals surface area contributed by atoms with Crippen molar-refractivity contribution in [3.8, 4) is 28.8 Å². The van der Waals surface area contributed by atoms with Gasteiger partial charge in [-0.25, -0.2) is 15.0 Å². The van der Waals surface area contributed by atoms with Crippen LogP contribution >= 0.6 is 0 Å². The van der Waals surface area contributed by atoms with Crippen molar-refractivity contribution in [2.24, 2.45) is 7.05 Å². The second-order valence-electron chi connectivity index (χ2n) is 6.15. The molecule has 0 N–H and O–H groups in total. The summed E-state index contributed by atoms with van der Waals surface area (Å²) in [7, 11) is 3.58. The van der Waals surface area contributed by atoms with Gasteiger partial charge in [0.25, 0.3) is 0 Å². The van der Waals surface area contributed by atoms with Gasteiger partial charge in [0.05, 0.1) is 12.8 Å². The van der Waals surface area contributed by atoms with Crippen molar-refractivity contribution in [2.45, 2.75) is 6.92 Å². The highest BCUT2D eigenvalue weighted by atomic mass is 16.5. The van der Waals surface area contributed by atoms with Crippen molar-refractivity contribution >= 4 is 10.9 Å². The van der Waals surface area contributed by atoms with E-state index in [0.717, 1.165) is 22.2 Å². The number of benzene rings is 2. The Morgan fingerprint density at radius 1 is 0.926 bits per heavy atom. The van der Waals surface area contributed by atoms with E-state index in [1.54, 1.807) is 7.11 Å². The summed E-state index contributed by atoms with van der Waals surface area (Å²) in [6.45, 7) is 1.85. The van der Waals surface area contributed by atoms with Gasteiger partial charge in [0.2, 0.25) is 0 Å². The molecular weight excluding hydrogens is 336 g/mol. The maximum absolute atomic E-state index is 5.42. The number of methoxy groups -OCH3 is 1. The van der Waals surface area contributed by atoms with Crippen molar-refractivity contribution in [3.63, 3.8) is 0 Å². The second kappa shape index (κ2) is 6.93. The number of ether oxygens (including phenoxy) is 1. The predicted octanol–water partition coefficient (Wildman–Crippen LogP) is 3.75. The van der Waals surface area contributed by atoms with E-state index in [0.29, 0.717) is 23.1 Å². The monoisotopic (exact) mass is 354 g/mol. The van der Waals surface area contributed by atoms with E-state index in [9.17, 15) is 0 Å². The maximum atomic E-state index is 5.42. The summed E-state index contributed by atoms with van der Waals surface area (Å²) in [6.07, 6.45) is 1.98. The molecule has 5 heteroatoms. The maximum Gasteiger partial charge on any atom is 0.186 e. The summed E-state index contributed by atoms with van der Waals surface area (Å²) < 4.78 is 7.34. The quantitative estimate of drug-likeness (QED) is 0.515. The minimum Gasteiger partial charge on any atom is -0.494 e. The van der Waals surface area contributed by atoms with Crippen molar-refractivity contribution in [1.29, 1.82) is 0 Å². The summed E-state index contributed by atoms with van der Waals surface area (Å²) in [5.74, 6) is 8.36. The van der Waals surface area contributed by atoms with E-state index in [2.05, 4.69) is 26.8 Å². The Labute approximate surface area is 157 Å². The lowest BCUT2D eigenvalue weighted by Crippen LogP contribution is -1.97. The molecule has 0 aliphatic heterocycles. The standard InChI is InChI=1S/C22H18N4O/c1-15-23-18(17-10-7-11-20(27-3)22(17)24-15)12-13-21-25-19(14-26(21)2)16-8-5-4-6-9-16/h4-11,14H,1-3H3. The molecule has 0 atom stereocenters. The molecule has 4 aromatic rings. The van der Waals surface area contributed by atoms with E-state index >= 15 is 0 Å². The van der Waals surface area contributed by atoms with Gasteiger partial charge in [0.15, 0.2) is 5.82 Å². The topological polar surface area (TPSA) is 52.8 Å². The Morgan fingerprint density at radius 2 is 1.74 bits per heavy atom. The molecule has 0 spiro atoms. The number of rotatable bonds is 2. The highest BCUT2D eigenvalue weighted by Gasteiger charge is 2.09. The molecule has 0 saturated carbocycles. The second-order valence-corrected chi connectivity index (χ2v) is 6.15. The molecule has 0 amide bonds. The lowest BCUT2D eigenvalue weighted by atomic mass is 10.1. The molecule has 27 heavy (non-hydrogen) atoms. The van der Waals surface area contributed by atoms with Gasteiger partial charge in [-0.2, -0.15) is 0 Å². The molecule has 5 nitrogen and oxygen atoms in total. The SMILES string of the molecule is COc1cccc2c(C#Cc3nc(-c4ccccc4)cn3C)nc(C)nc12. The van der Waals surface area contributed by atoms with Gasteiger partial charge in [-0.15, -0.1) is 0 Å². The average Bonchev–Trinajstić information content (AvgIpc) is 3.07. The van der Waals surface area contributed by atoms with Crippen LogP contribution in [0.4, 0.5) is 0 Å². The van der Waals surface area contributed by atoms with Gasteiger partial charge >= 0.3 is 0 Å². The summed E-state index contributed by atoms with van der Waals surface area (Å²) >= 11 is 0. The molecule has 0 aliphatic carbocycles. The first kappa shape index (κ1) is 16.8. The fourth-order valence-electron chi connectivity index (χ4n) is 2.94. The zero-order valence-electron chi connectivity index (χ0n) is 15.4. The minimum atomic E-state index is 0.654. The predicted molar refractivity (Wildman–Crippen MR) is 105 cm³/mol. The van der Waals surface area contributed by atoms with Crippen molar-refractivity contribution < 1.29 is 4.74 Å². The van der Waals surface area contributed by atoms with Gasteiger partial charge < -0.3 is 9.30 Å². The number of hydrogen-bond acceptors (Lipinski definition) is 4. The first-order chi connectivity index (χ1) is 13.2. The molecule has 2 aromatic heterocycles. The van der Waals surface area contributed by atoms with Crippen LogP contribution in [-0.4, -0.2) is 26.6 Å². The molecule has 2 heterocycles. The van der Waals surface area contributed by atoms with Gasteiger partial charge in [-0.05, 0) is 30.9 Å². The van der Waals surface area contributed by atoms with Crippen LogP contribution in [0.15, 0.2) is 54.7 Å². The van der Waals surface area contributed by atoms with E-state index in [1.165, 1.54) is 0 Å². The van der Waals surface area contributed by atoms with E-state index in [4.69, 9.17) is 4.74 Å². The molecule has 2 aromatic carbocycles. The molecule has 4 rings (SSSR count). The lowest BCUT2D eigenvalue weighted by molar-refractivity contribution is 0.418.